The van der Waals surface area contributed by atoms with Gasteiger partial charge in [0.2, 0.25) is 5.91 Å². The lowest BCUT2D eigenvalue weighted by atomic mass is 10.1. The molecule has 220 valence electrons. The molecule has 43 heavy (non-hydrogen) atoms. The van der Waals surface area contributed by atoms with Gasteiger partial charge >= 0.3 is 11.9 Å². The summed E-state index contributed by atoms with van der Waals surface area (Å²) in [5.41, 5.74) is 2.51. The Balaban J connectivity index is 1.14. The van der Waals surface area contributed by atoms with E-state index in [9.17, 15) is 19.5 Å². The van der Waals surface area contributed by atoms with E-state index in [4.69, 9.17) is 9.47 Å². The highest BCUT2D eigenvalue weighted by Crippen LogP contribution is 2.33. The maximum atomic E-state index is 12.8. The van der Waals surface area contributed by atoms with Crippen molar-refractivity contribution in [1.82, 2.24) is 0 Å². The fraction of sp³-hybridized carbons (Fsp3) is 0.229. The van der Waals surface area contributed by atoms with Gasteiger partial charge in [-0.3, -0.25) is 4.79 Å². The van der Waals surface area contributed by atoms with E-state index in [1.807, 2.05) is 65.6 Å². The molecule has 1 aliphatic rings. The molecule has 0 heterocycles. The van der Waals surface area contributed by atoms with Gasteiger partial charge in [-0.05, 0) is 73.4 Å². The summed E-state index contributed by atoms with van der Waals surface area (Å²) < 4.78 is 11.5. The average molecular weight is 579 g/mol. The first-order chi connectivity index (χ1) is 21.0. The summed E-state index contributed by atoms with van der Waals surface area (Å²) in [6.45, 7) is 1.02. The number of amides is 1. The number of anilines is 2. The number of aliphatic carboxylic acids is 1. The maximum absolute atomic E-state index is 12.8. The monoisotopic (exact) mass is 578 g/mol. The van der Waals surface area contributed by atoms with Gasteiger partial charge in [-0.2, -0.15) is 0 Å². The standard InChI is InChI=1S/C35H34N2O6/c38-33(26-18-19-26)37(28-12-5-2-6-13-28)22-9-23-42-29-20-16-25(17-21-29)24-31(34(39)40)36-30-14-7-8-15-32(30)43-35(41)27-10-3-1-4-11-27/h1-8,10-17,20-21,26,31,36H,9,18-19,22-24H2,(H,39,40). The van der Waals surface area contributed by atoms with Gasteiger partial charge in [-0.1, -0.05) is 60.7 Å². The first kappa shape index (κ1) is 29.4. The zero-order valence-corrected chi connectivity index (χ0v) is 23.7. The Morgan fingerprint density at radius 2 is 1.49 bits per heavy atom. The number of para-hydroxylation sites is 3. The van der Waals surface area contributed by atoms with Crippen LogP contribution in [0.15, 0.2) is 109 Å². The number of nitrogens with zero attached hydrogens (tertiary/aromatic N) is 1. The molecule has 4 aromatic carbocycles. The Morgan fingerprint density at radius 1 is 0.837 bits per heavy atom. The summed E-state index contributed by atoms with van der Waals surface area (Å²) in [5, 5.41) is 12.9. The van der Waals surface area contributed by atoms with E-state index in [2.05, 4.69) is 5.32 Å². The maximum Gasteiger partial charge on any atom is 0.343 e. The van der Waals surface area contributed by atoms with E-state index in [-0.39, 0.29) is 24.0 Å². The van der Waals surface area contributed by atoms with Gasteiger partial charge in [0.25, 0.3) is 0 Å². The van der Waals surface area contributed by atoms with Crippen molar-refractivity contribution in [2.75, 3.05) is 23.4 Å². The molecule has 0 radical (unpaired) electrons. The third-order valence-electron chi connectivity index (χ3n) is 7.15. The van der Waals surface area contributed by atoms with Crippen LogP contribution in [-0.2, 0) is 16.0 Å². The summed E-state index contributed by atoms with van der Waals surface area (Å²) >= 11 is 0. The van der Waals surface area contributed by atoms with E-state index >= 15 is 0 Å². The molecule has 1 amide bonds. The quantitative estimate of drug-likeness (QED) is 0.104. The molecule has 1 atom stereocenters. The first-order valence-electron chi connectivity index (χ1n) is 14.4. The Bertz CT molecular complexity index is 1520. The molecule has 1 unspecified atom stereocenters. The minimum absolute atomic E-state index is 0.135. The minimum Gasteiger partial charge on any atom is -0.494 e. The van der Waals surface area contributed by atoms with E-state index in [1.165, 1.54) is 0 Å². The van der Waals surface area contributed by atoms with E-state index in [1.54, 1.807) is 48.5 Å². The summed E-state index contributed by atoms with van der Waals surface area (Å²) in [6.07, 6.45) is 2.79. The predicted molar refractivity (Wildman–Crippen MR) is 165 cm³/mol. The van der Waals surface area contributed by atoms with E-state index in [0.29, 0.717) is 36.6 Å². The van der Waals surface area contributed by atoms with Crippen LogP contribution in [0.2, 0.25) is 0 Å². The number of carboxylic acid groups (broad SMARTS) is 1. The number of hydrogen-bond acceptors (Lipinski definition) is 6. The van der Waals surface area contributed by atoms with Crippen LogP contribution in [0.3, 0.4) is 0 Å². The fourth-order valence-corrected chi connectivity index (χ4v) is 4.69. The second-order valence-electron chi connectivity index (χ2n) is 10.4. The molecular weight excluding hydrogens is 544 g/mol. The normalized spacial score (nSPS) is 13.0. The van der Waals surface area contributed by atoms with Gasteiger partial charge in [0.1, 0.15) is 11.8 Å². The third kappa shape index (κ3) is 8.23. The molecule has 0 saturated heterocycles. The largest absolute Gasteiger partial charge is 0.494 e. The van der Waals surface area contributed by atoms with Crippen LogP contribution in [0.1, 0.15) is 35.2 Å². The molecule has 1 fully saturated rings. The van der Waals surface area contributed by atoms with Crippen molar-refractivity contribution in [3.05, 3.63) is 120 Å². The van der Waals surface area contributed by atoms with Gasteiger partial charge in [0.05, 0.1) is 17.9 Å². The molecule has 4 aromatic rings. The lowest BCUT2D eigenvalue weighted by molar-refractivity contribution is -0.137. The number of hydrogen-bond donors (Lipinski definition) is 2. The SMILES string of the molecule is O=C(Oc1ccccc1NC(Cc1ccc(OCCCN(C(=O)C2CC2)c2ccccc2)cc1)C(=O)O)c1ccccc1. The first-order valence-corrected chi connectivity index (χ1v) is 14.4. The number of carboxylic acids is 1. The van der Waals surface area contributed by atoms with Gasteiger partial charge in [-0.15, -0.1) is 0 Å². The highest BCUT2D eigenvalue weighted by Gasteiger charge is 2.33. The molecule has 0 aromatic heterocycles. The third-order valence-corrected chi connectivity index (χ3v) is 7.15. The van der Waals surface area contributed by atoms with Crippen molar-refractivity contribution in [1.29, 1.82) is 0 Å². The van der Waals surface area contributed by atoms with Crippen LogP contribution >= 0.6 is 0 Å². The second kappa shape index (κ2) is 14.2. The zero-order chi connectivity index (χ0) is 30.0. The minimum atomic E-state index is -1.03. The summed E-state index contributed by atoms with van der Waals surface area (Å²) in [5.74, 6) is -0.338. The molecule has 8 heteroatoms. The van der Waals surface area contributed by atoms with Crippen molar-refractivity contribution in [2.45, 2.75) is 31.7 Å². The lowest BCUT2D eigenvalue weighted by Gasteiger charge is -2.23. The van der Waals surface area contributed by atoms with Crippen molar-refractivity contribution in [2.24, 2.45) is 5.92 Å². The molecule has 1 saturated carbocycles. The van der Waals surface area contributed by atoms with E-state index < -0.39 is 18.0 Å². The van der Waals surface area contributed by atoms with Gasteiger partial charge in [0, 0.05) is 24.6 Å². The van der Waals surface area contributed by atoms with Crippen LogP contribution in [-0.4, -0.2) is 42.1 Å². The van der Waals surface area contributed by atoms with Crippen LogP contribution in [0, 0.1) is 5.92 Å². The number of nitrogens with one attached hydrogen (secondary N) is 1. The van der Waals surface area contributed by atoms with Crippen molar-refractivity contribution in [3.8, 4) is 11.5 Å². The highest BCUT2D eigenvalue weighted by atomic mass is 16.5. The van der Waals surface area contributed by atoms with Crippen molar-refractivity contribution < 1.29 is 29.0 Å². The molecule has 0 bridgehead atoms. The summed E-state index contributed by atoms with van der Waals surface area (Å²) in [6, 6.07) is 31.4. The Labute approximate surface area is 250 Å². The number of carbonyl (C=O) groups is 3. The zero-order valence-electron chi connectivity index (χ0n) is 23.7. The van der Waals surface area contributed by atoms with Gasteiger partial charge < -0.3 is 24.8 Å². The topological polar surface area (TPSA) is 105 Å². The van der Waals surface area contributed by atoms with Crippen LogP contribution in [0.25, 0.3) is 0 Å². The smallest absolute Gasteiger partial charge is 0.343 e. The molecule has 2 N–H and O–H groups in total. The predicted octanol–water partition coefficient (Wildman–Crippen LogP) is 6.23. The number of rotatable bonds is 14. The molecule has 0 aliphatic heterocycles. The van der Waals surface area contributed by atoms with Crippen LogP contribution in [0.4, 0.5) is 11.4 Å². The molecule has 0 spiro atoms. The van der Waals surface area contributed by atoms with Crippen LogP contribution < -0.4 is 19.7 Å². The van der Waals surface area contributed by atoms with Crippen molar-refractivity contribution >= 4 is 29.2 Å². The molecule has 5 rings (SSSR count). The second-order valence-corrected chi connectivity index (χ2v) is 10.4. The number of benzene rings is 4. The highest BCUT2D eigenvalue weighted by molar-refractivity contribution is 5.96. The Hall–Kier alpha value is -5.11. The molecular formula is C35H34N2O6. The number of carbonyl (C=O) groups excluding carboxylic acids is 2. The van der Waals surface area contributed by atoms with E-state index in [0.717, 1.165) is 24.1 Å². The molecule has 1 aliphatic carbocycles. The van der Waals surface area contributed by atoms with Gasteiger partial charge in [-0.25, -0.2) is 9.59 Å². The summed E-state index contributed by atoms with van der Waals surface area (Å²) in [4.78, 5) is 39.3. The Morgan fingerprint density at radius 3 is 2.16 bits per heavy atom. The lowest BCUT2D eigenvalue weighted by Crippen LogP contribution is -2.33. The fourth-order valence-electron chi connectivity index (χ4n) is 4.69. The Kier molecular flexibility index (Phi) is 9.69. The van der Waals surface area contributed by atoms with Crippen LogP contribution in [0.5, 0.6) is 11.5 Å². The number of ether oxygens (including phenoxy) is 2. The average Bonchev–Trinajstić information content (AvgIpc) is 3.89. The number of esters is 1. The van der Waals surface area contributed by atoms with Crippen molar-refractivity contribution in [3.63, 3.8) is 0 Å². The summed E-state index contributed by atoms with van der Waals surface area (Å²) in [7, 11) is 0. The molecule has 8 nitrogen and oxygen atoms in total. The van der Waals surface area contributed by atoms with Gasteiger partial charge in [0.15, 0.2) is 5.75 Å².